The number of halogens is 1. The highest BCUT2D eigenvalue weighted by Crippen LogP contribution is 2.30. The predicted octanol–water partition coefficient (Wildman–Crippen LogP) is 4.96. The van der Waals surface area contributed by atoms with Crippen LogP contribution in [0.4, 0.5) is 0 Å². The van der Waals surface area contributed by atoms with Gasteiger partial charge in [0.2, 0.25) is 0 Å². The first-order valence-electron chi connectivity index (χ1n) is 8.59. The fourth-order valence-electron chi connectivity index (χ4n) is 3.11. The summed E-state index contributed by atoms with van der Waals surface area (Å²) in [5.41, 5.74) is 6.35. The van der Waals surface area contributed by atoms with Gasteiger partial charge in [-0.2, -0.15) is 0 Å². The number of hydrogen-bond acceptors (Lipinski definition) is 3. The summed E-state index contributed by atoms with van der Waals surface area (Å²) in [7, 11) is 0. The lowest BCUT2D eigenvalue weighted by Crippen LogP contribution is -2.22. The number of benzene rings is 2. The van der Waals surface area contributed by atoms with E-state index in [1.165, 1.54) is 16.9 Å². The minimum absolute atomic E-state index is 0.00408. The molecule has 2 aromatic carbocycles. The zero-order chi connectivity index (χ0) is 18.6. The Kier molecular flexibility index (Phi) is 4.24. The predicted molar refractivity (Wildman–Crippen MR) is 113 cm³/mol. The lowest BCUT2D eigenvalue weighted by atomic mass is 10.0. The first-order chi connectivity index (χ1) is 12.4. The summed E-state index contributed by atoms with van der Waals surface area (Å²) in [5.74, 6) is 0.501. The normalized spacial score (nSPS) is 12.8. The maximum atomic E-state index is 13.0. The van der Waals surface area contributed by atoms with E-state index in [-0.39, 0.29) is 5.56 Å². The summed E-state index contributed by atoms with van der Waals surface area (Å²) in [5, 5.41) is 0. The maximum Gasteiger partial charge on any atom is 0.274 e. The molecule has 2 aromatic heterocycles. The monoisotopic (exact) mass is 426 g/mol. The van der Waals surface area contributed by atoms with E-state index < -0.39 is 0 Å². The van der Waals surface area contributed by atoms with Gasteiger partial charge in [0.1, 0.15) is 5.52 Å². The van der Waals surface area contributed by atoms with Crippen molar-refractivity contribution in [3.63, 3.8) is 0 Å². The second-order valence-corrected chi connectivity index (χ2v) is 8.77. The van der Waals surface area contributed by atoms with E-state index in [2.05, 4.69) is 67.9 Å². The summed E-state index contributed by atoms with van der Waals surface area (Å²) in [6.45, 7) is 8.47. The van der Waals surface area contributed by atoms with E-state index in [9.17, 15) is 4.79 Å². The van der Waals surface area contributed by atoms with Crippen LogP contribution in [-0.4, -0.2) is 9.38 Å². The summed E-state index contributed by atoms with van der Waals surface area (Å²) >= 11 is 5.07. The smallest absolute Gasteiger partial charge is 0.267 e. The summed E-state index contributed by atoms with van der Waals surface area (Å²) in [6, 6.07) is 10.4. The number of aryl methyl sites for hydroxylation is 1. The van der Waals surface area contributed by atoms with Gasteiger partial charge in [-0.05, 0) is 70.1 Å². The van der Waals surface area contributed by atoms with Gasteiger partial charge in [-0.1, -0.05) is 49.4 Å². The van der Waals surface area contributed by atoms with Crippen molar-refractivity contribution in [3.05, 3.63) is 71.9 Å². The number of thiazole rings is 1. The number of rotatable bonds is 2. The van der Waals surface area contributed by atoms with Crippen molar-refractivity contribution in [2.24, 2.45) is 0 Å². The van der Waals surface area contributed by atoms with Gasteiger partial charge in [0.15, 0.2) is 4.96 Å². The molecule has 3 nitrogen and oxygen atoms in total. The third kappa shape index (κ3) is 2.70. The third-order valence-corrected chi connectivity index (χ3v) is 6.82. The van der Waals surface area contributed by atoms with E-state index in [0.29, 0.717) is 10.5 Å². The lowest BCUT2D eigenvalue weighted by molar-refractivity contribution is 0.866. The summed E-state index contributed by atoms with van der Waals surface area (Å²) in [6.07, 6.45) is 1.95. The van der Waals surface area contributed by atoms with Gasteiger partial charge < -0.3 is 0 Å². The average Bonchev–Trinajstić information content (AvgIpc) is 3.11. The molecule has 0 radical (unpaired) electrons. The molecule has 0 bridgehead atoms. The molecule has 0 saturated heterocycles. The minimum Gasteiger partial charge on any atom is -0.267 e. The standard InChI is InChI=1S/C21H19BrN2OS/c1-11(2)15-7-5-14(6-8-15)10-17-20(25)24-16-9-12(3)13(4)18(22)19(16)23-21(24)26-17/h5-11H,1-4H3. The number of hydrogen-bond donors (Lipinski definition) is 0. The quantitative estimate of drug-likeness (QED) is 0.453. The molecule has 0 aliphatic carbocycles. The molecule has 0 amide bonds. The van der Waals surface area contributed by atoms with Gasteiger partial charge in [0.05, 0.1) is 10.0 Å². The third-order valence-electron chi connectivity index (χ3n) is 4.88. The Morgan fingerprint density at radius 2 is 1.88 bits per heavy atom. The number of aromatic nitrogens is 2. The molecule has 0 saturated carbocycles. The van der Waals surface area contributed by atoms with Crippen LogP contribution in [0.5, 0.6) is 0 Å². The van der Waals surface area contributed by atoms with Crippen LogP contribution in [0.15, 0.2) is 39.6 Å². The molecular weight excluding hydrogens is 408 g/mol. The molecular formula is C21H19BrN2OS. The topological polar surface area (TPSA) is 34.4 Å². The van der Waals surface area contributed by atoms with E-state index in [4.69, 9.17) is 4.98 Å². The van der Waals surface area contributed by atoms with E-state index in [1.807, 2.05) is 12.1 Å². The van der Waals surface area contributed by atoms with Crippen LogP contribution in [0, 0.1) is 13.8 Å². The number of fused-ring (bicyclic) bond motifs is 3. The van der Waals surface area contributed by atoms with Crippen molar-refractivity contribution in [2.45, 2.75) is 33.6 Å². The van der Waals surface area contributed by atoms with Crippen LogP contribution in [0.3, 0.4) is 0 Å². The fraction of sp³-hybridized carbons (Fsp3) is 0.238. The van der Waals surface area contributed by atoms with Crippen LogP contribution in [0.1, 0.15) is 42.0 Å². The van der Waals surface area contributed by atoms with Crippen molar-refractivity contribution >= 4 is 49.3 Å². The second kappa shape index (κ2) is 6.32. The Balaban J connectivity index is 1.92. The fourth-order valence-corrected chi connectivity index (χ4v) is 4.69. The van der Waals surface area contributed by atoms with E-state index >= 15 is 0 Å². The van der Waals surface area contributed by atoms with Crippen molar-refractivity contribution < 1.29 is 0 Å². The molecule has 5 heteroatoms. The van der Waals surface area contributed by atoms with Crippen LogP contribution in [0.25, 0.3) is 22.1 Å². The van der Waals surface area contributed by atoms with E-state index in [0.717, 1.165) is 37.2 Å². The van der Waals surface area contributed by atoms with Crippen LogP contribution >= 0.6 is 27.3 Å². The largest absolute Gasteiger partial charge is 0.274 e. The van der Waals surface area contributed by atoms with Crippen molar-refractivity contribution in [1.29, 1.82) is 0 Å². The Bertz CT molecular complexity index is 1250. The first-order valence-corrected chi connectivity index (χ1v) is 10.2. The molecule has 4 aromatic rings. The highest BCUT2D eigenvalue weighted by molar-refractivity contribution is 9.10. The molecule has 0 fully saturated rings. The second-order valence-electron chi connectivity index (χ2n) is 6.97. The highest BCUT2D eigenvalue weighted by atomic mass is 79.9. The average molecular weight is 427 g/mol. The van der Waals surface area contributed by atoms with Gasteiger partial charge in [-0.3, -0.25) is 4.79 Å². The molecule has 0 aliphatic rings. The van der Waals surface area contributed by atoms with Crippen LogP contribution in [-0.2, 0) is 0 Å². The zero-order valence-corrected chi connectivity index (χ0v) is 17.5. The Labute approximate surface area is 164 Å². The molecule has 0 spiro atoms. The first kappa shape index (κ1) is 17.4. The number of imidazole rings is 1. The Hall–Kier alpha value is -1.98. The molecule has 0 N–H and O–H groups in total. The zero-order valence-electron chi connectivity index (χ0n) is 15.1. The molecule has 26 heavy (non-hydrogen) atoms. The molecule has 0 atom stereocenters. The summed E-state index contributed by atoms with van der Waals surface area (Å²) < 4.78 is 3.41. The van der Waals surface area contributed by atoms with Crippen LogP contribution < -0.4 is 10.1 Å². The van der Waals surface area contributed by atoms with Crippen molar-refractivity contribution in [1.82, 2.24) is 9.38 Å². The van der Waals surface area contributed by atoms with E-state index in [1.54, 1.807) is 4.40 Å². The summed E-state index contributed by atoms with van der Waals surface area (Å²) in [4.78, 5) is 18.4. The van der Waals surface area contributed by atoms with Crippen LogP contribution in [0.2, 0.25) is 0 Å². The van der Waals surface area contributed by atoms with Gasteiger partial charge in [0.25, 0.3) is 5.56 Å². The maximum absolute atomic E-state index is 13.0. The lowest BCUT2D eigenvalue weighted by Gasteiger charge is -2.04. The SMILES string of the molecule is Cc1cc2c(nc3sc(=Cc4ccc(C(C)C)cc4)c(=O)n32)c(Br)c1C. The molecule has 0 unspecified atom stereocenters. The van der Waals surface area contributed by atoms with Gasteiger partial charge in [-0.15, -0.1) is 0 Å². The van der Waals surface area contributed by atoms with Crippen molar-refractivity contribution in [3.8, 4) is 0 Å². The van der Waals surface area contributed by atoms with Gasteiger partial charge in [-0.25, -0.2) is 9.38 Å². The molecule has 2 heterocycles. The Morgan fingerprint density at radius 1 is 1.19 bits per heavy atom. The molecule has 0 aliphatic heterocycles. The molecule has 132 valence electrons. The van der Waals surface area contributed by atoms with Crippen molar-refractivity contribution in [2.75, 3.05) is 0 Å². The highest BCUT2D eigenvalue weighted by Gasteiger charge is 2.15. The Morgan fingerprint density at radius 3 is 2.54 bits per heavy atom. The minimum atomic E-state index is -0.00408. The number of nitrogens with zero attached hydrogens (tertiary/aromatic N) is 2. The molecule has 4 rings (SSSR count). The van der Waals surface area contributed by atoms with Gasteiger partial charge >= 0.3 is 0 Å². The van der Waals surface area contributed by atoms with Gasteiger partial charge in [0, 0.05) is 4.47 Å².